The van der Waals surface area contributed by atoms with Gasteiger partial charge in [0.25, 0.3) is 0 Å². The minimum atomic E-state index is -4.11. The number of amides is 1. The number of nitrogens with zero attached hydrogens (tertiary/aromatic N) is 1. The Morgan fingerprint density at radius 1 is 1.03 bits per heavy atom. The summed E-state index contributed by atoms with van der Waals surface area (Å²) in [7, 11) is -4.11. The summed E-state index contributed by atoms with van der Waals surface area (Å²) in [6.07, 6.45) is 0. The maximum atomic E-state index is 13.4. The fourth-order valence-electron chi connectivity index (χ4n) is 3.13. The lowest BCUT2D eigenvalue weighted by atomic mass is 10.1. The molecule has 0 saturated carbocycles. The number of rotatable bonds is 8. The molecule has 9 heteroatoms. The molecule has 0 spiro atoms. The number of hydrogen-bond acceptors (Lipinski definition) is 3. The highest BCUT2D eigenvalue weighted by Crippen LogP contribution is 2.28. The summed E-state index contributed by atoms with van der Waals surface area (Å²) in [5.74, 6) is -0.435. The van der Waals surface area contributed by atoms with Gasteiger partial charge in [-0.3, -0.25) is 4.79 Å². The van der Waals surface area contributed by atoms with E-state index < -0.39 is 15.9 Å². The van der Waals surface area contributed by atoms with Crippen LogP contribution in [-0.4, -0.2) is 25.2 Å². The summed E-state index contributed by atoms with van der Waals surface area (Å²) in [6, 6.07) is 20.5. The van der Waals surface area contributed by atoms with Gasteiger partial charge in [0.05, 0.1) is 17.6 Å². The molecule has 0 bridgehead atoms. The van der Waals surface area contributed by atoms with Gasteiger partial charge in [0.2, 0.25) is 15.9 Å². The van der Waals surface area contributed by atoms with Gasteiger partial charge in [0.1, 0.15) is 4.90 Å². The topological polar surface area (TPSA) is 66.5 Å². The van der Waals surface area contributed by atoms with Crippen LogP contribution in [0.15, 0.2) is 82.2 Å². The van der Waals surface area contributed by atoms with Gasteiger partial charge in [0, 0.05) is 16.0 Å². The van der Waals surface area contributed by atoms with Crippen LogP contribution >= 0.6 is 39.1 Å². The van der Waals surface area contributed by atoms with E-state index in [1.807, 2.05) is 49.4 Å². The Labute approximate surface area is 206 Å². The predicted octanol–water partition coefficient (Wildman–Crippen LogP) is 5.82. The molecule has 0 saturated heterocycles. The first-order valence-electron chi connectivity index (χ1n) is 9.71. The van der Waals surface area contributed by atoms with Crippen LogP contribution in [-0.2, 0) is 21.4 Å². The van der Waals surface area contributed by atoms with Crippen molar-refractivity contribution in [1.29, 1.82) is 0 Å². The first-order valence-corrected chi connectivity index (χ1v) is 12.7. The van der Waals surface area contributed by atoms with Gasteiger partial charge in [-0.1, -0.05) is 81.6 Å². The van der Waals surface area contributed by atoms with Gasteiger partial charge >= 0.3 is 0 Å². The van der Waals surface area contributed by atoms with Crippen molar-refractivity contribution in [3.63, 3.8) is 0 Å². The van der Waals surface area contributed by atoms with E-state index in [9.17, 15) is 13.2 Å². The molecule has 1 amide bonds. The first kappa shape index (κ1) is 24.7. The molecule has 0 heterocycles. The molecule has 0 radical (unpaired) electrons. The number of carbonyl (C=O) groups excluding carboxylic acids is 1. The van der Waals surface area contributed by atoms with Crippen molar-refractivity contribution in [2.75, 3.05) is 6.54 Å². The Balaban J connectivity index is 1.87. The molecule has 168 valence electrons. The van der Waals surface area contributed by atoms with E-state index in [0.717, 1.165) is 19.9 Å². The van der Waals surface area contributed by atoms with E-state index in [4.69, 9.17) is 23.2 Å². The highest BCUT2D eigenvalue weighted by molar-refractivity contribution is 9.10. The Morgan fingerprint density at radius 2 is 1.75 bits per heavy atom. The van der Waals surface area contributed by atoms with E-state index in [1.165, 1.54) is 18.2 Å². The molecule has 0 aromatic heterocycles. The average molecular weight is 556 g/mol. The molecule has 1 atom stereocenters. The second kappa shape index (κ2) is 10.8. The van der Waals surface area contributed by atoms with Crippen LogP contribution in [0.3, 0.4) is 0 Å². The van der Waals surface area contributed by atoms with E-state index in [2.05, 4.69) is 21.2 Å². The second-order valence-corrected chi connectivity index (χ2v) is 10.8. The smallest absolute Gasteiger partial charge is 0.245 e. The highest BCUT2D eigenvalue weighted by atomic mass is 79.9. The lowest BCUT2D eigenvalue weighted by molar-refractivity contribution is -0.122. The average Bonchev–Trinajstić information content (AvgIpc) is 2.75. The zero-order chi connectivity index (χ0) is 23.3. The number of sulfonamides is 1. The van der Waals surface area contributed by atoms with Crippen LogP contribution in [0.4, 0.5) is 0 Å². The van der Waals surface area contributed by atoms with Crippen LogP contribution in [0.5, 0.6) is 0 Å². The monoisotopic (exact) mass is 554 g/mol. The third-order valence-electron chi connectivity index (χ3n) is 4.76. The summed E-state index contributed by atoms with van der Waals surface area (Å²) in [5.41, 5.74) is 1.63. The Kier molecular flexibility index (Phi) is 8.36. The second-order valence-electron chi connectivity index (χ2n) is 7.18. The number of hydrogen-bond donors (Lipinski definition) is 1. The largest absolute Gasteiger partial charge is 0.348 e. The van der Waals surface area contributed by atoms with Crippen LogP contribution in [0.2, 0.25) is 10.0 Å². The number of halogens is 3. The van der Waals surface area contributed by atoms with Crippen LogP contribution < -0.4 is 5.32 Å². The minimum Gasteiger partial charge on any atom is -0.348 e. The Hall–Kier alpha value is -1.90. The molecule has 3 aromatic carbocycles. The highest BCUT2D eigenvalue weighted by Gasteiger charge is 2.29. The molecule has 3 aromatic rings. The lowest BCUT2D eigenvalue weighted by Crippen LogP contribution is -2.41. The maximum Gasteiger partial charge on any atom is 0.245 e. The van der Waals surface area contributed by atoms with E-state index >= 15 is 0 Å². The SMILES string of the molecule is CC(NC(=O)CN(Cc1ccccc1)S(=O)(=O)c1cc(Cl)ccc1Cl)c1cccc(Br)c1. The van der Waals surface area contributed by atoms with Gasteiger partial charge in [-0.2, -0.15) is 4.31 Å². The zero-order valence-electron chi connectivity index (χ0n) is 17.1. The molecule has 5 nitrogen and oxygen atoms in total. The zero-order valence-corrected chi connectivity index (χ0v) is 21.0. The van der Waals surface area contributed by atoms with Crippen LogP contribution in [0, 0.1) is 0 Å². The van der Waals surface area contributed by atoms with E-state index in [-0.39, 0.29) is 34.1 Å². The molecule has 3 rings (SSSR count). The lowest BCUT2D eigenvalue weighted by Gasteiger charge is -2.24. The fourth-order valence-corrected chi connectivity index (χ4v) is 5.67. The maximum absolute atomic E-state index is 13.4. The third-order valence-corrected chi connectivity index (χ3v) is 7.76. The molecule has 0 aliphatic rings. The summed E-state index contributed by atoms with van der Waals surface area (Å²) < 4.78 is 28.9. The van der Waals surface area contributed by atoms with Gasteiger partial charge in [-0.25, -0.2) is 8.42 Å². The van der Waals surface area contributed by atoms with E-state index in [1.54, 1.807) is 12.1 Å². The normalized spacial score (nSPS) is 12.5. The summed E-state index contributed by atoms with van der Waals surface area (Å²) in [4.78, 5) is 12.7. The Bertz CT molecular complexity index is 1210. The number of benzene rings is 3. The van der Waals surface area contributed by atoms with Crippen molar-refractivity contribution in [3.8, 4) is 0 Å². The first-order chi connectivity index (χ1) is 15.2. The van der Waals surface area contributed by atoms with Crippen molar-refractivity contribution in [1.82, 2.24) is 9.62 Å². The fraction of sp³-hybridized carbons (Fsp3) is 0.174. The molecular weight excluding hydrogens is 535 g/mol. The van der Waals surface area contributed by atoms with E-state index in [0.29, 0.717) is 0 Å². The van der Waals surface area contributed by atoms with Crippen molar-refractivity contribution in [2.45, 2.75) is 24.4 Å². The molecule has 0 aliphatic carbocycles. The summed E-state index contributed by atoms with van der Waals surface area (Å²) in [6.45, 7) is 1.46. The van der Waals surface area contributed by atoms with Gasteiger partial charge in [-0.15, -0.1) is 0 Å². The predicted molar refractivity (Wildman–Crippen MR) is 131 cm³/mol. The molecule has 0 fully saturated rings. The van der Waals surface area contributed by atoms with Crippen molar-refractivity contribution < 1.29 is 13.2 Å². The van der Waals surface area contributed by atoms with Crippen LogP contribution in [0.1, 0.15) is 24.1 Å². The number of carbonyl (C=O) groups is 1. The standard InChI is InChI=1S/C23H21BrCl2N2O3S/c1-16(18-8-5-9-19(24)12-18)27-23(29)15-28(14-17-6-3-2-4-7-17)32(30,31)22-13-20(25)10-11-21(22)26/h2-13,16H,14-15H2,1H3,(H,27,29). The summed E-state index contributed by atoms with van der Waals surface area (Å²) in [5, 5.41) is 3.14. The van der Waals surface area contributed by atoms with Gasteiger partial charge in [0.15, 0.2) is 0 Å². The van der Waals surface area contributed by atoms with Gasteiger partial charge < -0.3 is 5.32 Å². The quantitative estimate of drug-likeness (QED) is 0.380. The Morgan fingerprint density at radius 3 is 2.44 bits per heavy atom. The summed E-state index contributed by atoms with van der Waals surface area (Å²) >= 11 is 15.6. The van der Waals surface area contributed by atoms with Crippen LogP contribution in [0.25, 0.3) is 0 Å². The molecule has 0 aliphatic heterocycles. The van der Waals surface area contributed by atoms with Gasteiger partial charge in [-0.05, 0) is 48.4 Å². The molecular formula is C23H21BrCl2N2O3S. The molecule has 32 heavy (non-hydrogen) atoms. The van der Waals surface area contributed by atoms with Crippen molar-refractivity contribution in [2.24, 2.45) is 0 Å². The van der Waals surface area contributed by atoms with Crippen molar-refractivity contribution >= 4 is 55.1 Å². The molecule has 1 unspecified atom stereocenters. The molecule has 1 N–H and O–H groups in total. The van der Waals surface area contributed by atoms with Crippen molar-refractivity contribution in [3.05, 3.63) is 98.4 Å². The minimum absolute atomic E-state index is 0.00466. The third kappa shape index (κ3) is 6.33. The number of nitrogens with one attached hydrogen (secondary N) is 1.